The molecule has 0 radical (unpaired) electrons. The fourth-order valence-electron chi connectivity index (χ4n) is 1.75. The molecule has 0 bridgehead atoms. The van der Waals surface area contributed by atoms with Gasteiger partial charge in [-0.05, 0) is 36.1 Å². The Balaban J connectivity index is 2.57. The number of hydrogen-bond acceptors (Lipinski definition) is 4. The van der Waals surface area contributed by atoms with Crippen LogP contribution in [0.3, 0.4) is 0 Å². The average Bonchev–Trinajstić information content (AvgIpc) is 2.49. The Kier molecular flexibility index (Phi) is 7.24. The first-order chi connectivity index (χ1) is 10.4. The molecule has 120 valence electrons. The van der Waals surface area contributed by atoms with Crippen molar-refractivity contribution in [3.63, 3.8) is 0 Å². The SMILES string of the molecule is CSCCC(NC(N)=O)C(=O)NCc1ccc(C(=O)O)cc1. The first-order valence-electron chi connectivity index (χ1n) is 6.59. The lowest BCUT2D eigenvalue weighted by atomic mass is 10.1. The average molecular weight is 325 g/mol. The van der Waals surface area contributed by atoms with Gasteiger partial charge >= 0.3 is 12.0 Å². The van der Waals surface area contributed by atoms with E-state index in [1.165, 1.54) is 12.1 Å². The van der Waals surface area contributed by atoms with E-state index in [0.29, 0.717) is 12.2 Å². The molecule has 1 rings (SSSR count). The molecular formula is C14H19N3O4S. The molecule has 0 saturated heterocycles. The molecule has 22 heavy (non-hydrogen) atoms. The van der Waals surface area contributed by atoms with E-state index >= 15 is 0 Å². The Labute approximate surface area is 132 Å². The van der Waals surface area contributed by atoms with Crippen molar-refractivity contribution in [3.05, 3.63) is 35.4 Å². The predicted octanol–water partition coefficient (Wildman–Crippen LogP) is 0.791. The lowest BCUT2D eigenvalue weighted by molar-refractivity contribution is -0.123. The van der Waals surface area contributed by atoms with Crippen LogP contribution in [0.25, 0.3) is 0 Å². The molecule has 0 fully saturated rings. The number of thioether (sulfide) groups is 1. The van der Waals surface area contributed by atoms with Crippen LogP contribution in [0.1, 0.15) is 22.3 Å². The third-order valence-electron chi connectivity index (χ3n) is 2.91. The number of nitrogens with two attached hydrogens (primary N) is 1. The highest BCUT2D eigenvalue weighted by Crippen LogP contribution is 2.05. The molecule has 0 heterocycles. The highest BCUT2D eigenvalue weighted by Gasteiger charge is 2.18. The summed E-state index contributed by atoms with van der Waals surface area (Å²) in [6.45, 7) is 0.245. The molecule has 0 aliphatic carbocycles. The van der Waals surface area contributed by atoms with Crippen molar-refractivity contribution in [3.8, 4) is 0 Å². The maximum atomic E-state index is 12.0. The molecule has 1 aromatic carbocycles. The lowest BCUT2D eigenvalue weighted by Crippen LogP contribution is -2.48. The predicted molar refractivity (Wildman–Crippen MR) is 84.8 cm³/mol. The second-order valence-corrected chi connectivity index (χ2v) is 5.55. The van der Waals surface area contributed by atoms with Gasteiger partial charge in [0, 0.05) is 6.54 Å². The minimum Gasteiger partial charge on any atom is -0.478 e. The van der Waals surface area contributed by atoms with Crippen molar-refractivity contribution in [2.45, 2.75) is 19.0 Å². The van der Waals surface area contributed by atoms with Gasteiger partial charge in [-0.25, -0.2) is 9.59 Å². The molecular weight excluding hydrogens is 306 g/mol. The van der Waals surface area contributed by atoms with E-state index in [2.05, 4.69) is 10.6 Å². The summed E-state index contributed by atoms with van der Waals surface area (Å²) in [4.78, 5) is 33.7. The van der Waals surface area contributed by atoms with Crippen LogP contribution in [0.15, 0.2) is 24.3 Å². The lowest BCUT2D eigenvalue weighted by Gasteiger charge is -2.16. The number of rotatable bonds is 8. The highest BCUT2D eigenvalue weighted by atomic mass is 32.2. The Morgan fingerprint density at radius 1 is 1.27 bits per heavy atom. The largest absolute Gasteiger partial charge is 0.478 e. The molecule has 0 spiro atoms. The Morgan fingerprint density at radius 2 is 1.91 bits per heavy atom. The number of primary amides is 1. The molecule has 0 saturated carbocycles. The Hall–Kier alpha value is -2.22. The van der Waals surface area contributed by atoms with E-state index in [9.17, 15) is 14.4 Å². The van der Waals surface area contributed by atoms with Gasteiger partial charge in [0.2, 0.25) is 5.91 Å². The third kappa shape index (κ3) is 6.04. The minimum absolute atomic E-state index is 0.184. The number of urea groups is 1. The quantitative estimate of drug-likeness (QED) is 0.563. The van der Waals surface area contributed by atoms with Crippen molar-refractivity contribution in [1.82, 2.24) is 10.6 Å². The number of aromatic carboxylic acids is 1. The molecule has 0 aromatic heterocycles. The molecule has 1 aromatic rings. The molecule has 3 amide bonds. The number of amides is 3. The molecule has 8 heteroatoms. The van der Waals surface area contributed by atoms with Crippen molar-refractivity contribution < 1.29 is 19.5 Å². The molecule has 5 N–H and O–H groups in total. The van der Waals surface area contributed by atoms with Gasteiger partial charge in [0.25, 0.3) is 0 Å². The summed E-state index contributed by atoms with van der Waals surface area (Å²) in [6.07, 6.45) is 2.39. The zero-order valence-corrected chi connectivity index (χ0v) is 13.0. The van der Waals surface area contributed by atoms with Gasteiger partial charge in [0.05, 0.1) is 5.56 Å². The second kappa shape index (κ2) is 8.93. The van der Waals surface area contributed by atoms with E-state index in [1.54, 1.807) is 23.9 Å². The van der Waals surface area contributed by atoms with Gasteiger partial charge in [-0.1, -0.05) is 12.1 Å². The maximum absolute atomic E-state index is 12.0. The molecule has 0 aliphatic rings. The molecule has 7 nitrogen and oxygen atoms in total. The van der Waals surface area contributed by atoms with E-state index in [4.69, 9.17) is 10.8 Å². The van der Waals surface area contributed by atoms with Crippen LogP contribution in [0.4, 0.5) is 4.79 Å². The minimum atomic E-state index is -1.00. The number of nitrogens with one attached hydrogen (secondary N) is 2. The summed E-state index contributed by atoms with van der Waals surface area (Å²) in [5.41, 5.74) is 6.01. The molecule has 1 unspecified atom stereocenters. The van der Waals surface area contributed by atoms with Crippen LogP contribution >= 0.6 is 11.8 Å². The van der Waals surface area contributed by atoms with Crippen molar-refractivity contribution in [2.75, 3.05) is 12.0 Å². The number of carboxylic acids is 1. The molecule has 1 atom stereocenters. The van der Waals surface area contributed by atoms with Crippen molar-refractivity contribution in [2.24, 2.45) is 5.73 Å². The fraction of sp³-hybridized carbons (Fsp3) is 0.357. The number of carboxylic acid groups (broad SMARTS) is 1. The zero-order valence-electron chi connectivity index (χ0n) is 12.2. The van der Waals surface area contributed by atoms with Gasteiger partial charge < -0.3 is 21.5 Å². The molecule has 0 aliphatic heterocycles. The van der Waals surface area contributed by atoms with Gasteiger partial charge in [0.1, 0.15) is 6.04 Å². The maximum Gasteiger partial charge on any atom is 0.335 e. The normalized spacial score (nSPS) is 11.5. The summed E-state index contributed by atoms with van der Waals surface area (Å²) in [6, 6.07) is 4.77. The first kappa shape index (κ1) is 17.8. The van der Waals surface area contributed by atoms with Gasteiger partial charge in [-0.15, -0.1) is 0 Å². The Morgan fingerprint density at radius 3 is 2.41 bits per heavy atom. The summed E-state index contributed by atoms with van der Waals surface area (Å²) in [5.74, 6) is -0.611. The summed E-state index contributed by atoms with van der Waals surface area (Å²) < 4.78 is 0. The summed E-state index contributed by atoms with van der Waals surface area (Å²) in [5, 5.41) is 13.9. The van der Waals surface area contributed by atoms with Crippen LogP contribution < -0.4 is 16.4 Å². The zero-order chi connectivity index (χ0) is 16.5. The number of carbonyl (C=O) groups is 3. The number of hydrogen-bond donors (Lipinski definition) is 4. The van der Waals surface area contributed by atoms with Crippen molar-refractivity contribution >= 4 is 29.7 Å². The van der Waals surface area contributed by atoms with Crippen LogP contribution in [-0.4, -0.2) is 41.1 Å². The van der Waals surface area contributed by atoms with Gasteiger partial charge in [-0.3, -0.25) is 4.79 Å². The van der Waals surface area contributed by atoms with Crippen molar-refractivity contribution in [1.29, 1.82) is 0 Å². The standard InChI is InChI=1S/C14H19N3O4S/c1-22-7-6-11(17-14(15)21)12(18)16-8-9-2-4-10(5-3-9)13(19)20/h2-5,11H,6-8H2,1H3,(H,16,18)(H,19,20)(H3,15,17,21). The Bertz CT molecular complexity index is 533. The second-order valence-electron chi connectivity index (χ2n) is 4.56. The topological polar surface area (TPSA) is 122 Å². The highest BCUT2D eigenvalue weighted by molar-refractivity contribution is 7.98. The van der Waals surface area contributed by atoms with E-state index in [1.807, 2.05) is 6.26 Å². The monoisotopic (exact) mass is 325 g/mol. The summed E-state index contributed by atoms with van der Waals surface area (Å²) >= 11 is 1.57. The van der Waals surface area contributed by atoms with Gasteiger partial charge in [0.15, 0.2) is 0 Å². The van der Waals surface area contributed by atoms with E-state index in [-0.39, 0.29) is 18.0 Å². The van der Waals surface area contributed by atoms with Gasteiger partial charge in [-0.2, -0.15) is 11.8 Å². The smallest absolute Gasteiger partial charge is 0.335 e. The van der Waals surface area contributed by atoms with Crippen LogP contribution in [-0.2, 0) is 11.3 Å². The first-order valence-corrected chi connectivity index (χ1v) is 7.98. The number of benzene rings is 1. The van der Waals surface area contributed by atoms with Crippen LogP contribution in [0.5, 0.6) is 0 Å². The van der Waals surface area contributed by atoms with E-state index < -0.39 is 18.0 Å². The fourth-order valence-corrected chi connectivity index (χ4v) is 2.23. The number of carbonyl (C=O) groups excluding carboxylic acids is 2. The third-order valence-corrected chi connectivity index (χ3v) is 3.56. The van der Waals surface area contributed by atoms with Crippen LogP contribution in [0, 0.1) is 0 Å². The van der Waals surface area contributed by atoms with Crippen LogP contribution in [0.2, 0.25) is 0 Å². The van der Waals surface area contributed by atoms with E-state index in [0.717, 1.165) is 5.56 Å². The summed E-state index contributed by atoms with van der Waals surface area (Å²) in [7, 11) is 0.